The third kappa shape index (κ3) is 5.17. The Hall–Kier alpha value is -3.38. The van der Waals surface area contributed by atoms with E-state index in [1.54, 1.807) is 0 Å². The predicted octanol–water partition coefficient (Wildman–Crippen LogP) is 3.87. The number of piperidine rings is 2. The number of hydrogen-bond donors (Lipinski definition) is 4. The summed E-state index contributed by atoms with van der Waals surface area (Å²) in [6.07, 6.45) is 10.0. The SMILES string of the molecule is Cc1cc(Nc2cc(-c3cnn(C)c3)cc(NC3CC4CC(CCC#N)CC(C3)N4)n2)n[nH]1. The molecule has 0 amide bonds. The minimum atomic E-state index is 0.371. The summed E-state index contributed by atoms with van der Waals surface area (Å²) >= 11 is 0. The Labute approximate surface area is 194 Å². The van der Waals surface area contributed by atoms with Crippen molar-refractivity contribution in [3.05, 3.63) is 36.3 Å². The van der Waals surface area contributed by atoms with Crippen LogP contribution in [0.4, 0.5) is 17.5 Å². The molecule has 2 saturated heterocycles. The van der Waals surface area contributed by atoms with Gasteiger partial charge >= 0.3 is 0 Å². The molecule has 33 heavy (non-hydrogen) atoms. The van der Waals surface area contributed by atoms with Crippen LogP contribution in [0.15, 0.2) is 30.6 Å². The Kier molecular flexibility index (Phi) is 6.01. The first-order valence-electron chi connectivity index (χ1n) is 11.7. The maximum atomic E-state index is 8.93. The molecule has 2 aliphatic heterocycles. The summed E-state index contributed by atoms with van der Waals surface area (Å²) in [5, 5.41) is 31.3. The molecule has 3 aromatic rings. The van der Waals surface area contributed by atoms with E-state index in [2.05, 4.69) is 43.4 Å². The molecule has 9 heteroatoms. The van der Waals surface area contributed by atoms with Crippen LogP contribution in [0.2, 0.25) is 0 Å². The standard InChI is InChI=1S/C24H31N9/c1-15-6-24(32-31-15)30-23-10-17(18-13-26-33(2)14-18)9-22(29-23)28-21-11-19-7-16(4-3-5-25)8-20(12-21)27-19/h6,9-10,13-14,16,19-21,27H,3-4,7-8,11-12H2,1-2H3,(H3,28,29,30,31,32). The van der Waals surface area contributed by atoms with E-state index in [-0.39, 0.29) is 0 Å². The Morgan fingerprint density at radius 3 is 2.55 bits per heavy atom. The molecule has 2 fully saturated rings. The van der Waals surface area contributed by atoms with Gasteiger partial charge in [0.05, 0.1) is 12.3 Å². The summed E-state index contributed by atoms with van der Waals surface area (Å²) in [6.45, 7) is 1.98. The fraction of sp³-hybridized carbons (Fsp3) is 0.500. The number of aromatic nitrogens is 5. The average Bonchev–Trinajstić information content (AvgIpc) is 3.39. The highest BCUT2D eigenvalue weighted by Crippen LogP contribution is 2.34. The van der Waals surface area contributed by atoms with Crippen LogP contribution in [0.5, 0.6) is 0 Å². The minimum Gasteiger partial charge on any atom is -0.367 e. The Morgan fingerprint density at radius 2 is 1.88 bits per heavy atom. The zero-order chi connectivity index (χ0) is 22.8. The first-order chi connectivity index (χ1) is 16.0. The van der Waals surface area contributed by atoms with Crippen molar-refractivity contribution < 1.29 is 0 Å². The van der Waals surface area contributed by atoms with Crippen LogP contribution in [-0.4, -0.2) is 43.1 Å². The minimum absolute atomic E-state index is 0.371. The number of aromatic amines is 1. The monoisotopic (exact) mass is 445 g/mol. The number of H-pyrrole nitrogens is 1. The van der Waals surface area contributed by atoms with Gasteiger partial charge in [-0.05, 0) is 62.6 Å². The molecule has 9 nitrogen and oxygen atoms in total. The van der Waals surface area contributed by atoms with Crippen LogP contribution in [0.1, 0.15) is 44.2 Å². The summed E-state index contributed by atoms with van der Waals surface area (Å²) in [4.78, 5) is 4.85. The van der Waals surface area contributed by atoms with Crippen molar-refractivity contribution in [1.29, 1.82) is 5.26 Å². The van der Waals surface area contributed by atoms with Crippen LogP contribution in [-0.2, 0) is 7.05 Å². The van der Waals surface area contributed by atoms with E-state index in [1.807, 2.05) is 43.2 Å². The lowest BCUT2D eigenvalue weighted by Gasteiger charge is -2.44. The summed E-state index contributed by atoms with van der Waals surface area (Å²) in [5.74, 6) is 3.02. The molecule has 0 radical (unpaired) electrons. The van der Waals surface area contributed by atoms with E-state index in [1.165, 1.54) is 0 Å². The molecule has 0 saturated carbocycles. The first kappa shape index (κ1) is 21.5. The van der Waals surface area contributed by atoms with Crippen LogP contribution < -0.4 is 16.0 Å². The van der Waals surface area contributed by atoms with Crippen molar-refractivity contribution >= 4 is 17.5 Å². The van der Waals surface area contributed by atoms with Crippen molar-refractivity contribution in [2.75, 3.05) is 10.6 Å². The van der Waals surface area contributed by atoms with E-state index in [0.29, 0.717) is 30.5 Å². The van der Waals surface area contributed by atoms with Gasteiger partial charge in [-0.3, -0.25) is 9.78 Å². The van der Waals surface area contributed by atoms with E-state index in [9.17, 15) is 0 Å². The summed E-state index contributed by atoms with van der Waals surface area (Å²) in [5.41, 5.74) is 3.10. The lowest BCUT2D eigenvalue weighted by molar-refractivity contribution is 0.171. The lowest BCUT2D eigenvalue weighted by atomic mass is 9.77. The largest absolute Gasteiger partial charge is 0.367 e. The number of fused-ring (bicyclic) bond motifs is 2. The van der Waals surface area contributed by atoms with Gasteiger partial charge < -0.3 is 16.0 Å². The Bertz CT molecular complexity index is 1130. The Morgan fingerprint density at radius 1 is 1.09 bits per heavy atom. The maximum absolute atomic E-state index is 8.93. The molecule has 2 atom stereocenters. The van der Waals surface area contributed by atoms with Crippen LogP contribution in [0.25, 0.3) is 11.1 Å². The third-order valence-electron chi connectivity index (χ3n) is 6.69. The maximum Gasteiger partial charge on any atom is 0.153 e. The zero-order valence-electron chi connectivity index (χ0n) is 19.2. The second kappa shape index (κ2) is 9.24. The number of nitriles is 1. The highest BCUT2D eigenvalue weighted by atomic mass is 15.2. The molecule has 2 unspecified atom stereocenters. The number of rotatable bonds is 7. The molecule has 3 aromatic heterocycles. The second-order valence-corrected chi connectivity index (χ2v) is 9.50. The normalized spacial score (nSPS) is 24.3. The van der Waals surface area contributed by atoms with E-state index in [4.69, 9.17) is 10.2 Å². The molecular weight excluding hydrogens is 414 g/mol. The highest BCUT2D eigenvalue weighted by molar-refractivity contribution is 5.71. The van der Waals surface area contributed by atoms with E-state index < -0.39 is 0 Å². The van der Waals surface area contributed by atoms with Crippen LogP contribution >= 0.6 is 0 Å². The van der Waals surface area contributed by atoms with Crippen molar-refractivity contribution in [3.63, 3.8) is 0 Å². The lowest BCUT2D eigenvalue weighted by Crippen LogP contribution is -2.54. The fourth-order valence-electron chi connectivity index (χ4n) is 5.33. The van der Waals surface area contributed by atoms with Gasteiger partial charge in [-0.25, -0.2) is 4.98 Å². The van der Waals surface area contributed by atoms with E-state index in [0.717, 1.165) is 66.4 Å². The summed E-state index contributed by atoms with van der Waals surface area (Å²) in [6, 6.07) is 9.78. The number of pyridine rings is 1. The van der Waals surface area contributed by atoms with E-state index >= 15 is 0 Å². The molecule has 0 aromatic carbocycles. The van der Waals surface area contributed by atoms with Gasteiger partial charge in [0.1, 0.15) is 11.6 Å². The fourth-order valence-corrected chi connectivity index (χ4v) is 5.33. The van der Waals surface area contributed by atoms with Gasteiger partial charge in [-0.1, -0.05) is 0 Å². The number of nitrogens with zero attached hydrogens (tertiary/aromatic N) is 5. The zero-order valence-corrected chi connectivity index (χ0v) is 19.2. The molecule has 172 valence electrons. The molecule has 2 aliphatic rings. The number of anilines is 3. The molecule has 0 spiro atoms. The summed E-state index contributed by atoms with van der Waals surface area (Å²) in [7, 11) is 1.92. The van der Waals surface area contributed by atoms with Crippen molar-refractivity contribution in [2.45, 2.75) is 63.6 Å². The van der Waals surface area contributed by atoms with Gasteiger partial charge in [-0.2, -0.15) is 15.5 Å². The first-order valence-corrected chi connectivity index (χ1v) is 11.7. The third-order valence-corrected chi connectivity index (χ3v) is 6.69. The number of nitrogens with one attached hydrogen (secondary N) is 4. The van der Waals surface area contributed by atoms with Crippen LogP contribution in [0, 0.1) is 24.2 Å². The molecule has 2 bridgehead atoms. The molecule has 0 aliphatic carbocycles. The second-order valence-electron chi connectivity index (χ2n) is 9.50. The molecule has 4 N–H and O–H groups in total. The van der Waals surface area contributed by atoms with Gasteiger partial charge in [0.25, 0.3) is 0 Å². The number of aryl methyl sites for hydroxylation is 2. The molecule has 5 rings (SSSR count). The molecular formula is C24H31N9. The highest BCUT2D eigenvalue weighted by Gasteiger charge is 2.35. The number of hydrogen-bond acceptors (Lipinski definition) is 7. The van der Waals surface area contributed by atoms with Gasteiger partial charge in [-0.15, -0.1) is 0 Å². The predicted molar refractivity (Wildman–Crippen MR) is 128 cm³/mol. The molecule has 5 heterocycles. The van der Waals surface area contributed by atoms with Gasteiger partial charge in [0, 0.05) is 55.1 Å². The van der Waals surface area contributed by atoms with Crippen molar-refractivity contribution in [2.24, 2.45) is 13.0 Å². The van der Waals surface area contributed by atoms with Crippen LogP contribution in [0.3, 0.4) is 0 Å². The average molecular weight is 446 g/mol. The van der Waals surface area contributed by atoms with Gasteiger partial charge in [0.2, 0.25) is 0 Å². The van der Waals surface area contributed by atoms with Crippen molar-refractivity contribution in [1.82, 2.24) is 30.3 Å². The quantitative estimate of drug-likeness (QED) is 0.436. The Balaban J connectivity index is 1.34. The van der Waals surface area contributed by atoms with Crippen molar-refractivity contribution in [3.8, 4) is 17.2 Å². The summed E-state index contributed by atoms with van der Waals surface area (Å²) < 4.78 is 1.81. The smallest absolute Gasteiger partial charge is 0.153 e. The van der Waals surface area contributed by atoms with Gasteiger partial charge in [0.15, 0.2) is 5.82 Å². The topological polar surface area (TPSA) is 119 Å².